The third-order valence-electron chi connectivity index (χ3n) is 4.85. The Morgan fingerprint density at radius 3 is 2.83 bits per heavy atom. The lowest BCUT2D eigenvalue weighted by Crippen LogP contribution is -2.41. The second-order valence-corrected chi connectivity index (χ2v) is 6.78. The molecule has 2 amide bonds. The van der Waals surface area contributed by atoms with Gasteiger partial charge in [0.25, 0.3) is 0 Å². The molecular formula is C18H25N3O2. The smallest absolute Gasteiger partial charge is 0.234 e. The van der Waals surface area contributed by atoms with Crippen molar-refractivity contribution in [1.82, 2.24) is 10.2 Å². The van der Waals surface area contributed by atoms with Crippen molar-refractivity contribution >= 4 is 17.5 Å². The highest BCUT2D eigenvalue weighted by molar-refractivity contribution is 5.91. The van der Waals surface area contributed by atoms with Gasteiger partial charge in [0.2, 0.25) is 11.8 Å². The minimum Gasteiger partial charge on any atom is -0.354 e. The van der Waals surface area contributed by atoms with Crippen molar-refractivity contribution in [3.63, 3.8) is 0 Å². The minimum absolute atomic E-state index is 0.0286. The normalized spacial score (nSPS) is 23.0. The van der Waals surface area contributed by atoms with Gasteiger partial charge in [-0.2, -0.15) is 0 Å². The van der Waals surface area contributed by atoms with E-state index in [2.05, 4.69) is 15.5 Å². The molecule has 1 aliphatic heterocycles. The molecule has 0 spiro atoms. The van der Waals surface area contributed by atoms with Crippen LogP contribution in [0, 0.1) is 12.8 Å². The molecule has 1 heterocycles. The number of carbonyl (C=O) groups is 2. The number of hydrogen-bond donors (Lipinski definition) is 2. The highest BCUT2D eigenvalue weighted by atomic mass is 16.2. The van der Waals surface area contributed by atoms with E-state index < -0.39 is 0 Å². The number of likely N-dealkylation sites (tertiary alicyclic amines) is 1. The highest BCUT2D eigenvalue weighted by Gasteiger charge is 2.38. The fraction of sp³-hybridized carbons (Fsp3) is 0.556. The summed E-state index contributed by atoms with van der Waals surface area (Å²) in [6, 6.07) is 8.30. The highest BCUT2D eigenvalue weighted by Crippen LogP contribution is 2.36. The van der Waals surface area contributed by atoms with E-state index in [4.69, 9.17) is 0 Å². The molecule has 0 aromatic heterocycles. The van der Waals surface area contributed by atoms with Crippen LogP contribution in [0.5, 0.6) is 0 Å². The monoisotopic (exact) mass is 315 g/mol. The van der Waals surface area contributed by atoms with E-state index in [-0.39, 0.29) is 11.8 Å². The number of hydrogen-bond acceptors (Lipinski definition) is 3. The molecule has 2 aliphatic rings. The lowest BCUT2D eigenvalue weighted by Gasteiger charge is -2.25. The molecular weight excluding hydrogens is 290 g/mol. The number of anilines is 1. The molecule has 23 heavy (non-hydrogen) atoms. The first-order valence-corrected chi connectivity index (χ1v) is 8.47. The Kier molecular flexibility index (Phi) is 4.96. The average Bonchev–Trinajstić information content (AvgIpc) is 3.09. The first-order valence-electron chi connectivity index (χ1n) is 8.47. The summed E-state index contributed by atoms with van der Waals surface area (Å²) in [5.41, 5.74) is 1.91. The van der Waals surface area contributed by atoms with Gasteiger partial charge in [-0.05, 0) is 49.8 Å². The van der Waals surface area contributed by atoms with Crippen LogP contribution in [-0.4, -0.2) is 42.4 Å². The fourth-order valence-corrected chi connectivity index (χ4v) is 3.72. The Bertz CT molecular complexity index is 587. The first kappa shape index (κ1) is 16.0. The maximum atomic E-state index is 12.0. The molecule has 3 rings (SSSR count). The number of amides is 2. The standard InChI is InChI=1S/C18H25N3O2/c1-13-3-2-4-15(9-13)20-17(22)7-8-19-18(23)12-21-11-14-5-6-16(21)10-14/h2-4,9,14,16H,5-8,10-12H2,1H3,(H,19,23)(H,20,22)/t14-,16+/m1/s1. The summed E-state index contributed by atoms with van der Waals surface area (Å²) in [6.45, 7) is 3.91. The summed E-state index contributed by atoms with van der Waals surface area (Å²) < 4.78 is 0. The molecule has 1 aliphatic carbocycles. The summed E-state index contributed by atoms with van der Waals surface area (Å²) in [4.78, 5) is 26.1. The molecule has 1 saturated heterocycles. The fourth-order valence-electron chi connectivity index (χ4n) is 3.72. The third-order valence-corrected chi connectivity index (χ3v) is 4.85. The van der Waals surface area contributed by atoms with Crippen LogP contribution in [0.15, 0.2) is 24.3 Å². The van der Waals surface area contributed by atoms with Crippen molar-refractivity contribution in [1.29, 1.82) is 0 Å². The SMILES string of the molecule is Cc1cccc(NC(=O)CCNC(=O)CN2C[C@@H]3CC[C@H]2C3)c1. The second kappa shape index (κ2) is 7.13. The van der Waals surface area contributed by atoms with E-state index in [0.29, 0.717) is 25.6 Å². The molecule has 0 radical (unpaired) electrons. The van der Waals surface area contributed by atoms with E-state index in [1.165, 1.54) is 19.3 Å². The molecule has 5 heteroatoms. The average molecular weight is 315 g/mol. The van der Waals surface area contributed by atoms with E-state index >= 15 is 0 Å². The van der Waals surface area contributed by atoms with Crippen molar-refractivity contribution in [3.05, 3.63) is 29.8 Å². The second-order valence-electron chi connectivity index (χ2n) is 6.78. The predicted molar refractivity (Wildman–Crippen MR) is 90.1 cm³/mol. The number of aryl methyl sites for hydroxylation is 1. The van der Waals surface area contributed by atoms with Gasteiger partial charge in [-0.1, -0.05) is 12.1 Å². The third kappa shape index (κ3) is 4.32. The molecule has 5 nitrogen and oxygen atoms in total. The van der Waals surface area contributed by atoms with Crippen LogP contribution in [-0.2, 0) is 9.59 Å². The molecule has 2 fully saturated rings. The Morgan fingerprint density at radius 2 is 2.13 bits per heavy atom. The van der Waals surface area contributed by atoms with Crippen LogP contribution in [0.1, 0.15) is 31.2 Å². The molecule has 2 atom stereocenters. The van der Waals surface area contributed by atoms with Crippen LogP contribution in [0.3, 0.4) is 0 Å². The summed E-state index contributed by atoms with van der Waals surface area (Å²) in [5.74, 6) is 0.755. The van der Waals surface area contributed by atoms with Crippen LogP contribution in [0.4, 0.5) is 5.69 Å². The number of nitrogens with zero attached hydrogens (tertiary/aromatic N) is 1. The Balaban J connectivity index is 1.34. The topological polar surface area (TPSA) is 61.4 Å². The zero-order valence-corrected chi connectivity index (χ0v) is 13.7. The Morgan fingerprint density at radius 1 is 1.26 bits per heavy atom. The molecule has 1 saturated carbocycles. The predicted octanol–water partition coefficient (Wildman–Crippen LogP) is 1.92. The minimum atomic E-state index is -0.0730. The van der Waals surface area contributed by atoms with Gasteiger partial charge in [0.15, 0.2) is 0 Å². The zero-order valence-electron chi connectivity index (χ0n) is 13.7. The van der Waals surface area contributed by atoms with Crippen LogP contribution < -0.4 is 10.6 Å². The quantitative estimate of drug-likeness (QED) is 0.843. The van der Waals surface area contributed by atoms with Crippen molar-refractivity contribution in [2.75, 3.05) is 25.0 Å². The number of carbonyl (C=O) groups excluding carboxylic acids is 2. The summed E-state index contributed by atoms with van der Waals surface area (Å²) in [5, 5.41) is 5.71. The Hall–Kier alpha value is -1.88. The molecule has 2 bridgehead atoms. The zero-order chi connectivity index (χ0) is 16.2. The Labute approximate surface area is 137 Å². The number of fused-ring (bicyclic) bond motifs is 2. The van der Waals surface area contributed by atoms with Gasteiger partial charge in [-0.3, -0.25) is 14.5 Å². The van der Waals surface area contributed by atoms with Gasteiger partial charge >= 0.3 is 0 Å². The van der Waals surface area contributed by atoms with Gasteiger partial charge in [0.1, 0.15) is 0 Å². The van der Waals surface area contributed by atoms with Crippen molar-refractivity contribution in [2.24, 2.45) is 5.92 Å². The molecule has 2 N–H and O–H groups in total. The summed E-state index contributed by atoms with van der Waals surface area (Å²) >= 11 is 0. The van der Waals surface area contributed by atoms with E-state index in [1.807, 2.05) is 31.2 Å². The maximum absolute atomic E-state index is 12.0. The van der Waals surface area contributed by atoms with E-state index in [1.54, 1.807) is 0 Å². The molecule has 0 unspecified atom stereocenters. The lowest BCUT2D eigenvalue weighted by atomic mass is 10.1. The molecule has 1 aromatic carbocycles. The molecule has 124 valence electrons. The number of benzene rings is 1. The number of rotatable bonds is 6. The summed E-state index contributed by atoms with van der Waals surface area (Å²) in [7, 11) is 0. The first-order chi connectivity index (χ1) is 11.1. The van der Waals surface area contributed by atoms with Gasteiger partial charge in [0.05, 0.1) is 6.54 Å². The van der Waals surface area contributed by atoms with Crippen LogP contribution in [0.25, 0.3) is 0 Å². The number of nitrogens with one attached hydrogen (secondary N) is 2. The molecule has 1 aromatic rings. The number of piperidine rings is 1. The maximum Gasteiger partial charge on any atom is 0.234 e. The van der Waals surface area contributed by atoms with Gasteiger partial charge in [-0.25, -0.2) is 0 Å². The van der Waals surface area contributed by atoms with Gasteiger partial charge in [-0.15, -0.1) is 0 Å². The van der Waals surface area contributed by atoms with Gasteiger partial charge < -0.3 is 10.6 Å². The van der Waals surface area contributed by atoms with Crippen molar-refractivity contribution in [3.8, 4) is 0 Å². The van der Waals surface area contributed by atoms with E-state index in [9.17, 15) is 9.59 Å². The van der Waals surface area contributed by atoms with E-state index in [0.717, 1.165) is 23.7 Å². The van der Waals surface area contributed by atoms with Crippen molar-refractivity contribution in [2.45, 2.75) is 38.6 Å². The summed E-state index contributed by atoms with van der Waals surface area (Å²) in [6.07, 6.45) is 4.11. The van der Waals surface area contributed by atoms with Crippen molar-refractivity contribution < 1.29 is 9.59 Å². The lowest BCUT2D eigenvalue weighted by molar-refractivity contribution is -0.122. The van der Waals surface area contributed by atoms with Gasteiger partial charge in [0, 0.05) is 31.2 Å². The van der Waals surface area contributed by atoms with Crippen LogP contribution in [0.2, 0.25) is 0 Å². The van der Waals surface area contributed by atoms with Crippen LogP contribution >= 0.6 is 0 Å². The largest absolute Gasteiger partial charge is 0.354 e.